The molecule has 0 aliphatic carbocycles. The first-order valence-electron chi connectivity index (χ1n) is 6.69. The zero-order valence-corrected chi connectivity index (χ0v) is 13.4. The maximum Gasteiger partial charge on any atom is 0.335 e. The summed E-state index contributed by atoms with van der Waals surface area (Å²) in [5.41, 5.74) is 0. The predicted molar refractivity (Wildman–Crippen MR) is 82.7 cm³/mol. The van der Waals surface area contributed by atoms with Crippen molar-refractivity contribution in [1.82, 2.24) is 5.32 Å². The quantitative estimate of drug-likeness (QED) is 0.424. The van der Waals surface area contributed by atoms with E-state index in [-0.39, 0.29) is 24.9 Å². The summed E-state index contributed by atoms with van der Waals surface area (Å²) < 4.78 is 10.0. The number of thiophene rings is 1. The number of carbonyl (C=O) groups excluding carboxylic acids is 3. The Bertz CT molecular complexity index is 552. The van der Waals surface area contributed by atoms with Crippen molar-refractivity contribution in [1.29, 1.82) is 0 Å². The summed E-state index contributed by atoms with van der Waals surface area (Å²) in [6.07, 6.45) is 0.779. The molecule has 0 spiro atoms. The zero-order chi connectivity index (χ0) is 16.5. The molecule has 1 atom stereocenters. The number of ketones is 1. The number of ether oxygens (including phenoxy) is 2. The van der Waals surface area contributed by atoms with Crippen molar-refractivity contribution < 1.29 is 23.9 Å². The van der Waals surface area contributed by atoms with E-state index in [1.165, 1.54) is 24.3 Å². The fraction of sp³-hybridized carbons (Fsp3) is 0.400. The summed E-state index contributed by atoms with van der Waals surface area (Å²) in [6.45, 7) is 6.73. The Morgan fingerprint density at radius 3 is 2.77 bits per heavy atom. The van der Waals surface area contributed by atoms with Crippen LogP contribution in [0.3, 0.4) is 0 Å². The van der Waals surface area contributed by atoms with Gasteiger partial charge in [0.05, 0.1) is 18.0 Å². The second kappa shape index (κ2) is 9.11. The second-order valence-electron chi connectivity index (χ2n) is 4.47. The van der Waals surface area contributed by atoms with Crippen molar-refractivity contribution in [3.63, 3.8) is 0 Å². The van der Waals surface area contributed by atoms with Gasteiger partial charge in [0, 0.05) is 11.8 Å². The van der Waals surface area contributed by atoms with Crippen molar-refractivity contribution in [2.45, 2.75) is 26.5 Å². The number of Topliss-reactive ketones (excluding diaryl/α,β-unsaturated/α-hetero) is 1. The molecule has 1 aromatic rings. The molecule has 0 saturated heterocycles. The Morgan fingerprint density at radius 2 is 2.14 bits per heavy atom. The fourth-order valence-corrected chi connectivity index (χ4v) is 2.31. The molecule has 6 nitrogen and oxygen atoms in total. The first-order valence-corrected chi connectivity index (χ1v) is 7.51. The molecule has 0 aliphatic rings. The van der Waals surface area contributed by atoms with Crippen molar-refractivity contribution in [3.8, 4) is 0 Å². The second-order valence-corrected chi connectivity index (χ2v) is 5.64. The first-order chi connectivity index (χ1) is 10.4. The van der Waals surface area contributed by atoms with Gasteiger partial charge in [-0.15, -0.1) is 17.9 Å². The predicted octanol–water partition coefficient (Wildman–Crippen LogP) is 1.70. The maximum atomic E-state index is 11.9. The summed E-state index contributed by atoms with van der Waals surface area (Å²) in [5.74, 6) is -1.02. The van der Waals surface area contributed by atoms with Crippen LogP contribution in [0.15, 0.2) is 24.8 Å². The third-order valence-corrected chi connectivity index (χ3v) is 3.72. The Labute approximate surface area is 133 Å². The Morgan fingerprint density at radius 1 is 1.41 bits per heavy atom. The van der Waals surface area contributed by atoms with Gasteiger partial charge in [-0.25, -0.2) is 4.79 Å². The average Bonchev–Trinajstić information content (AvgIpc) is 2.96. The molecule has 1 heterocycles. The number of hydrogen-bond acceptors (Lipinski definition) is 6. The third-order valence-electron chi connectivity index (χ3n) is 2.59. The van der Waals surface area contributed by atoms with Crippen LogP contribution in [0.1, 0.15) is 28.4 Å². The molecular formula is C15H19NO5S. The van der Waals surface area contributed by atoms with Gasteiger partial charge in [0.15, 0.2) is 12.7 Å². The number of amides is 1. The van der Waals surface area contributed by atoms with Gasteiger partial charge in [0.2, 0.25) is 11.7 Å². The smallest absolute Gasteiger partial charge is 0.335 e. The topological polar surface area (TPSA) is 81.7 Å². The average molecular weight is 325 g/mol. The van der Waals surface area contributed by atoms with Crippen LogP contribution >= 0.6 is 11.3 Å². The van der Waals surface area contributed by atoms with Crippen molar-refractivity contribution in [2.24, 2.45) is 0 Å². The molecule has 1 N–H and O–H groups in total. The minimum absolute atomic E-state index is 0.135. The number of esters is 1. The largest absolute Gasteiger partial charge is 0.455 e. The molecule has 0 aromatic carbocycles. The lowest BCUT2D eigenvalue weighted by Gasteiger charge is -2.10. The summed E-state index contributed by atoms with van der Waals surface area (Å²) in [5, 5.41) is 2.65. The van der Waals surface area contributed by atoms with E-state index in [1.807, 2.05) is 0 Å². The van der Waals surface area contributed by atoms with Gasteiger partial charge in [-0.2, -0.15) is 0 Å². The van der Waals surface area contributed by atoms with Gasteiger partial charge in [-0.3, -0.25) is 9.59 Å². The molecular weight excluding hydrogens is 306 g/mol. The van der Waals surface area contributed by atoms with Crippen LogP contribution in [0.5, 0.6) is 0 Å². The molecule has 0 saturated carbocycles. The molecule has 1 unspecified atom stereocenters. The minimum atomic E-state index is -0.746. The van der Waals surface area contributed by atoms with Crippen LogP contribution in [-0.4, -0.2) is 37.0 Å². The molecule has 0 radical (unpaired) electrons. The van der Waals surface area contributed by atoms with Crippen LogP contribution in [-0.2, 0) is 25.6 Å². The van der Waals surface area contributed by atoms with Crippen LogP contribution in [0.2, 0.25) is 0 Å². The zero-order valence-electron chi connectivity index (χ0n) is 12.6. The summed E-state index contributed by atoms with van der Waals surface area (Å²) in [6, 6.07) is 3.40. The SMILES string of the molecule is C=CCOC(C)C(=O)OCC(=O)c1ccc(CNC(C)=O)s1. The van der Waals surface area contributed by atoms with Crippen molar-refractivity contribution in [2.75, 3.05) is 13.2 Å². The third kappa shape index (κ3) is 6.19. The highest BCUT2D eigenvalue weighted by Gasteiger charge is 2.17. The van der Waals surface area contributed by atoms with Gasteiger partial charge in [0.1, 0.15) is 0 Å². The minimum Gasteiger partial charge on any atom is -0.455 e. The number of nitrogens with one attached hydrogen (secondary N) is 1. The highest BCUT2D eigenvalue weighted by atomic mass is 32.1. The van der Waals surface area contributed by atoms with Gasteiger partial charge in [-0.1, -0.05) is 6.08 Å². The van der Waals surface area contributed by atoms with E-state index in [4.69, 9.17) is 9.47 Å². The van der Waals surface area contributed by atoms with Crippen LogP contribution < -0.4 is 5.32 Å². The van der Waals surface area contributed by atoms with E-state index in [2.05, 4.69) is 11.9 Å². The maximum absolute atomic E-state index is 11.9. The van der Waals surface area contributed by atoms with E-state index in [9.17, 15) is 14.4 Å². The van der Waals surface area contributed by atoms with Crippen molar-refractivity contribution >= 4 is 29.0 Å². The van der Waals surface area contributed by atoms with Gasteiger partial charge in [0.25, 0.3) is 0 Å². The van der Waals surface area contributed by atoms with E-state index in [0.29, 0.717) is 11.4 Å². The first kappa shape index (κ1) is 18.1. The molecule has 1 rings (SSSR count). The van der Waals surface area contributed by atoms with E-state index in [0.717, 1.165) is 4.88 Å². The Hall–Kier alpha value is -1.99. The summed E-state index contributed by atoms with van der Waals surface area (Å²) >= 11 is 1.26. The highest BCUT2D eigenvalue weighted by molar-refractivity contribution is 7.14. The Kier molecular flexibility index (Phi) is 7.48. The van der Waals surface area contributed by atoms with E-state index >= 15 is 0 Å². The molecule has 120 valence electrons. The molecule has 1 amide bonds. The number of carbonyl (C=O) groups is 3. The van der Waals surface area contributed by atoms with E-state index in [1.54, 1.807) is 19.1 Å². The standard InChI is InChI=1S/C15H19NO5S/c1-4-7-20-10(2)15(19)21-9-13(18)14-6-5-12(22-14)8-16-11(3)17/h4-6,10H,1,7-9H2,2-3H3,(H,16,17). The lowest BCUT2D eigenvalue weighted by atomic mass is 10.3. The highest BCUT2D eigenvalue weighted by Crippen LogP contribution is 2.17. The van der Waals surface area contributed by atoms with Gasteiger partial charge < -0.3 is 14.8 Å². The molecule has 0 fully saturated rings. The van der Waals surface area contributed by atoms with Crippen molar-refractivity contribution in [3.05, 3.63) is 34.5 Å². The van der Waals surface area contributed by atoms with Crippen LogP contribution in [0, 0.1) is 0 Å². The molecule has 0 aliphatic heterocycles. The normalized spacial score (nSPS) is 11.5. The summed E-state index contributed by atoms with van der Waals surface area (Å²) in [4.78, 5) is 35.7. The monoisotopic (exact) mass is 325 g/mol. The summed E-state index contributed by atoms with van der Waals surface area (Å²) in [7, 11) is 0. The number of hydrogen-bond donors (Lipinski definition) is 1. The number of rotatable bonds is 9. The lowest BCUT2D eigenvalue weighted by molar-refractivity contribution is -0.154. The molecule has 1 aromatic heterocycles. The fourth-order valence-electron chi connectivity index (χ4n) is 1.44. The van der Waals surface area contributed by atoms with Crippen LogP contribution in [0.4, 0.5) is 0 Å². The molecule has 0 bridgehead atoms. The van der Waals surface area contributed by atoms with Gasteiger partial charge >= 0.3 is 5.97 Å². The molecule has 7 heteroatoms. The Balaban J connectivity index is 2.43. The lowest BCUT2D eigenvalue weighted by Crippen LogP contribution is -2.25. The van der Waals surface area contributed by atoms with E-state index < -0.39 is 12.1 Å². The molecule has 22 heavy (non-hydrogen) atoms. The van der Waals surface area contributed by atoms with Crippen LogP contribution in [0.25, 0.3) is 0 Å². The van der Waals surface area contributed by atoms with Gasteiger partial charge in [-0.05, 0) is 19.1 Å².